The minimum atomic E-state index is -3.96. The molecule has 0 bridgehead atoms. The predicted molar refractivity (Wildman–Crippen MR) is 231 cm³/mol. The van der Waals surface area contributed by atoms with E-state index < -0.39 is 16.1 Å². The summed E-state index contributed by atoms with van der Waals surface area (Å²) in [6.07, 6.45) is 1.96. The van der Waals surface area contributed by atoms with Gasteiger partial charge < -0.3 is 28.8 Å². The van der Waals surface area contributed by atoms with Gasteiger partial charge in [0.25, 0.3) is 5.91 Å². The standard InChI is InChI=1S/C43H47Cl2N7O6S/c1-24-19-29(20-25(2)39(24)45)58-18-8-9-31-32-11-12-34(44)38(37-27(4)46-48(7)28(37)5)40(32)52-26(3)22-51(42(53)41(31)52)36-23-47(6)35-13-10-30(21-33(35)36)59(56,57)50-16-14-49(15-17-50)43(54)55/h10-13,19-21,23,26H,8-9,14-18,22H2,1-7H3,(H,54,55)/t26-/m1/s1. The van der Waals surface area contributed by atoms with Gasteiger partial charge in [0, 0.05) is 97.2 Å². The first-order chi connectivity index (χ1) is 28.0. The van der Waals surface area contributed by atoms with Gasteiger partial charge in [-0.05, 0) is 101 Å². The maximum atomic E-state index is 15.3. The molecule has 6 aromatic rings. The number of fused-ring (bicyclic) bond motifs is 4. The van der Waals surface area contributed by atoms with Crippen LogP contribution in [0.4, 0.5) is 10.5 Å². The van der Waals surface area contributed by atoms with Crippen molar-refractivity contribution in [1.82, 2.24) is 28.1 Å². The summed E-state index contributed by atoms with van der Waals surface area (Å²) in [5.74, 6) is 0.534. The van der Waals surface area contributed by atoms with E-state index in [2.05, 4.69) is 11.5 Å². The SMILES string of the molecule is Cc1cc(OCCCc2c3n(c4c(-c5c(C)nn(C)c5C)c(Cl)ccc24)[C@H](C)CN(c2cn(C)c4ccc(S(=O)(=O)N5CCN(C(=O)O)CC5)cc24)C3=O)cc(C)c1Cl. The van der Waals surface area contributed by atoms with Gasteiger partial charge in [-0.25, -0.2) is 13.2 Å². The topological polar surface area (TPSA) is 135 Å². The number of sulfonamides is 1. The number of piperazine rings is 1. The number of hydrogen-bond acceptors (Lipinski definition) is 6. The Morgan fingerprint density at radius 1 is 0.949 bits per heavy atom. The number of carbonyl (C=O) groups is 2. The number of amides is 2. The van der Waals surface area contributed by atoms with Crippen molar-refractivity contribution < 1.29 is 27.9 Å². The van der Waals surface area contributed by atoms with Crippen LogP contribution in [0.3, 0.4) is 0 Å². The largest absolute Gasteiger partial charge is 0.494 e. The molecule has 310 valence electrons. The number of carboxylic acid groups (broad SMARTS) is 1. The van der Waals surface area contributed by atoms with E-state index in [-0.39, 0.29) is 43.0 Å². The first-order valence-corrected chi connectivity index (χ1v) is 21.8. The molecule has 8 rings (SSSR count). The molecule has 1 saturated heterocycles. The van der Waals surface area contributed by atoms with Crippen molar-refractivity contribution >= 4 is 72.7 Å². The summed E-state index contributed by atoms with van der Waals surface area (Å²) < 4.78 is 41.3. The lowest BCUT2D eigenvalue weighted by molar-refractivity contribution is 0.0957. The highest BCUT2D eigenvalue weighted by Gasteiger charge is 2.38. The number of benzene rings is 3. The number of carbonyl (C=O) groups excluding carboxylic acids is 1. The van der Waals surface area contributed by atoms with Crippen LogP contribution >= 0.6 is 23.2 Å². The predicted octanol–water partition coefficient (Wildman–Crippen LogP) is 8.29. The third kappa shape index (κ3) is 6.83. The quantitative estimate of drug-likeness (QED) is 0.145. The van der Waals surface area contributed by atoms with Gasteiger partial charge in [0.1, 0.15) is 11.4 Å². The molecule has 0 spiro atoms. The molecule has 1 fully saturated rings. The van der Waals surface area contributed by atoms with Gasteiger partial charge >= 0.3 is 6.09 Å². The molecular weight excluding hydrogens is 813 g/mol. The molecule has 2 aliphatic rings. The highest BCUT2D eigenvalue weighted by molar-refractivity contribution is 7.89. The van der Waals surface area contributed by atoms with Crippen LogP contribution in [0.5, 0.6) is 5.75 Å². The van der Waals surface area contributed by atoms with Gasteiger partial charge in [-0.15, -0.1) is 0 Å². The third-order valence-electron chi connectivity index (χ3n) is 11.9. The average Bonchev–Trinajstić information content (AvgIpc) is 3.80. The maximum absolute atomic E-state index is 15.3. The van der Waals surface area contributed by atoms with Crippen molar-refractivity contribution in [2.45, 2.75) is 58.4 Å². The van der Waals surface area contributed by atoms with Gasteiger partial charge in [0.15, 0.2) is 0 Å². The molecule has 3 aromatic heterocycles. The Morgan fingerprint density at radius 2 is 1.64 bits per heavy atom. The van der Waals surface area contributed by atoms with Crippen LogP contribution in [0, 0.1) is 27.7 Å². The molecule has 13 nitrogen and oxygen atoms in total. The first-order valence-electron chi connectivity index (χ1n) is 19.6. The zero-order valence-electron chi connectivity index (χ0n) is 34.1. The van der Waals surface area contributed by atoms with Crippen molar-refractivity contribution in [1.29, 1.82) is 0 Å². The van der Waals surface area contributed by atoms with E-state index in [0.29, 0.717) is 47.8 Å². The lowest BCUT2D eigenvalue weighted by atomic mass is 9.98. The highest BCUT2D eigenvalue weighted by Crippen LogP contribution is 2.46. The fourth-order valence-electron chi connectivity index (χ4n) is 8.93. The van der Waals surface area contributed by atoms with E-state index in [1.54, 1.807) is 23.1 Å². The average molecular weight is 861 g/mol. The summed E-state index contributed by atoms with van der Waals surface area (Å²) >= 11 is 13.5. The number of aromatic nitrogens is 4. The summed E-state index contributed by atoms with van der Waals surface area (Å²) in [7, 11) is -0.173. The first kappa shape index (κ1) is 40.7. The van der Waals surface area contributed by atoms with Gasteiger partial charge in [-0.2, -0.15) is 9.40 Å². The molecule has 2 amide bonds. The van der Waals surface area contributed by atoms with Gasteiger partial charge in [-0.3, -0.25) is 9.48 Å². The Morgan fingerprint density at radius 3 is 2.29 bits per heavy atom. The lowest BCUT2D eigenvalue weighted by Gasteiger charge is -2.34. The maximum Gasteiger partial charge on any atom is 0.407 e. The monoisotopic (exact) mass is 859 g/mol. The smallest absolute Gasteiger partial charge is 0.407 e. The molecule has 0 aliphatic carbocycles. The molecule has 0 radical (unpaired) electrons. The minimum Gasteiger partial charge on any atom is -0.494 e. The summed E-state index contributed by atoms with van der Waals surface area (Å²) in [4.78, 5) is 29.8. The Labute approximate surface area is 353 Å². The molecule has 2 aliphatic heterocycles. The molecule has 1 N–H and O–H groups in total. The second kappa shape index (κ2) is 15.2. The number of rotatable bonds is 9. The van der Waals surface area contributed by atoms with E-state index in [1.807, 2.05) is 81.5 Å². The van der Waals surface area contributed by atoms with Gasteiger partial charge in [0.2, 0.25) is 10.0 Å². The summed E-state index contributed by atoms with van der Waals surface area (Å²) in [5.41, 5.74) is 9.12. The van der Waals surface area contributed by atoms with E-state index >= 15 is 4.79 Å². The van der Waals surface area contributed by atoms with Crippen LogP contribution in [0.25, 0.3) is 32.9 Å². The Hall–Kier alpha value is -5.02. The van der Waals surface area contributed by atoms with Crippen molar-refractivity contribution in [2.75, 3.05) is 44.2 Å². The van der Waals surface area contributed by atoms with Crippen LogP contribution in [-0.2, 0) is 30.5 Å². The molecule has 5 heterocycles. The normalized spacial score (nSPS) is 16.4. The van der Waals surface area contributed by atoms with Crippen LogP contribution in [-0.4, -0.2) is 93.0 Å². The summed E-state index contributed by atoms with van der Waals surface area (Å²) in [6.45, 7) is 11.0. The van der Waals surface area contributed by atoms with Gasteiger partial charge in [-0.1, -0.05) is 29.3 Å². The van der Waals surface area contributed by atoms with Crippen LogP contribution in [0.1, 0.15) is 58.0 Å². The van der Waals surface area contributed by atoms with E-state index in [4.69, 9.17) is 33.0 Å². The summed E-state index contributed by atoms with van der Waals surface area (Å²) in [5, 5.41) is 17.0. The fourth-order valence-corrected chi connectivity index (χ4v) is 10.7. The third-order valence-corrected chi connectivity index (χ3v) is 14.7. The molecule has 0 unspecified atom stereocenters. The van der Waals surface area contributed by atoms with E-state index in [1.165, 1.54) is 9.21 Å². The number of hydrogen-bond donors (Lipinski definition) is 1. The Bertz CT molecular complexity index is 2790. The molecule has 59 heavy (non-hydrogen) atoms. The van der Waals surface area contributed by atoms with Crippen molar-refractivity contribution in [2.24, 2.45) is 14.1 Å². The summed E-state index contributed by atoms with van der Waals surface area (Å²) in [6, 6.07) is 12.5. The van der Waals surface area contributed by atoms with Crippen molar-refractivity contribution in [3.05, 3.63) is 92.5 Å². The second-order valence-corrected chi connectivity index (χ2v) is 18.5. The van der Waals surface area contributed by atoms with Crippen LogP contribution in [0.2, 0.25) is 10.0 Å². The fraction of sp³-hybridized carbons (Fsp3) is 0.372. The van der Waals surface area contributed by atoms with E-state index in [0.717, 1.165) is 66.4 Å². The Kier molecular flexibility index (Phi) is 10.5. The Balaban J connectivity index is 1.22. The molecule has 0 saturated carbocycles. The molecular formula is C43H47Cl2N7O6S. The zero-order chi connectivity index (χ0) is 42.2. The van der Waals surface area contributed by atoms with Crippen molar-refractivity contribution in [3.8, 4) is 16.9 Å². The van der Waals surface area contributed by atoms with Gasteiger partial charge in [0.05, 0.1) is 33.4 Å². The minimum absolute atomic E-state index is 0.0535. The lowest BCUT2D eigenvalue weighted by Crippen LogP contribution is -2.50. The van der Waals surface area contributed by atoms with Crippen LogP contribution < -0.4 is 9.64 Å². The molecule has 16 heteroatoms. The number of aryl methyl sites for hydroxylation is 6. The van der Waals surface area contributed by atoms with Crippen molar-refractivity contribution in [3.63, 3.8) is 0 Å². The second-order valence-electron chi connectivity index (χ2n) is 15.8. The zero-order valence-corrected chi connectivity index (χ0v) is 36.5. The number of anilines is 1. The van der Waals surface area contributed by atoms with Crippen LogP contribution in [0.15, 0.2) is 53.6 Å². The highest BCUT2D eigenvalue weighted by atomic mass is 35.5. The number of nitrogens with zero attached hydrogens (tertiary/aromatic N) is 7. The molecule has 3 aromatic carbocycles. The number of ether oxygens (including phenoxy) is 1. The number of halogens is 2. The molecule has 1 atom stereocenters. The van der Waals surface area contributed by atoms with E-state index in [9.17, 15) is 18.3 Å².